The van der Waals surface area contributed by atoms with Crippen LogP contribution in [-0.2, 0) is 16.6 Å². The molecular formula is C16H17FN2O3S. The molecule has 0 saturated carbocycles. The van der Waals surface area contributed by atoms with Crippen molar-refractivity contribution in [2.75, 3.05) is 6.61 Å². The molecule has 0 aliphatic rings. The smallest absolute Gasteiger partial charge is 0.240 e. The summed E-state index contributed by atoms with van der Waals surface area (Å²) in [5.74, 6) is -0.0165. The monoisotopic (exact) mass is 336 g/mol. The van der Waals surface area contributed by atoms with Crippen molar-refractivity contribution in [3.63, 3.8) is 0 Å². The van der Waals surface area contributed by atoms with Gasteiger partial charge in [-0.3, -0.25) is 0 Å². The van der Waals surface area contributed by atoms with Crippen molar-refractivity contribution in [3.8, 4) is 5.75 Å². The summed E-state index contributed by atoms with van der Waals surface area (Å²) in [7, 11) is -3.65. The Morgan fingerprint density at radius 1 is 1.22 bits per heavy atom. The highest BCUT2D eigenvalue weighted by Gasteiger charge is 2.13. The van der Waals surface area contributed by atoms with E-state index in [2.05, 4.69) is 16.3 Å². The number of benzene rings is 1. The third kappa shape index (κ3) is 5.15. The molecule has 0 radical (unpaired) electrons. The lowest BCUT2D eigenvalue weighted by atomic mass is 10.3. The molecule has 0 bridgehead atoms. The van der Waals surface area contributed by atoms with Crippen molar-refractivity contribution in [1.29, 1.82) is 0 Å². The summed E-state index contributed by atoms with van der Waals surface area (Å²) in [5, 5.41) is 0. The van der Waals surface area contributed by atoms with Crippen LogP contribution in [-0.4, -0.2) is 20.0 Å². The van der Waals surface area contributed by atoms with Crippen LogP contribution in [0.4, 0.5) is 4.39 Å². The molecule has 7 heteroatoms. The highest BCUT2D eigenvalue weighted by molar-refractivity contribution is 7.89. The van der Waals surface area contributed by atoms with Gasteiger partial charge in [0.25, 0.3) is 0 Å². The van der Waals surface area contributed by atoms with E-state index in [1.807, 2.05) is 0 Å². The quantitative estimate of drug-likeness (QED) is 0.457. The Bertz CT molecular complexity index is 744. The highest BCUT2D eigenvalue weighted by Crippen LogP contribution is 2.16. The number of nitrogens with one attached hydrogen (secondary N) is 1. The minimum atomic E-state index is -3.65. The number of hydrogen-bond acceptors (Lipinski definition) is 4. The number of sulfonamides is 1. The van der Waals surface area contributed by atoms with Gasteiger partial charge in [-0.2, -0.15) is 4.39 Å². The van der Waals surface area contributed by atoms with E-state index in [1.165, 1.54) is 30.5 Å². The van der Waals surface area contributed by atoms with E-state index in [4.69, 9.17) is 4.74 Å². The van der Waals surface area contributed by atoms with Gasteiger partial charge in [0.15, 0.2) is 0 Å². The second kappa shape index (κ2) is 7.85. The van der Waals surface area contributed by atoms with Crippen molar-refractivity contribution in [2.24, 2.45) is 0 Å². The standard InChI is InChI=1S/C16H17FN2O3S/c1-2-3-10-22-14-5-7-15(8-6-14)23(20,21)19-12-13-4-9-16(17)18-11-13/h2,4-9,11,19H,1,3,10,12H2. The third-order valence-corrected chi connectivity index (χ3v) is 4.40. The molecule has 2 aromatic rings. The van der Waals surface area contributed by atoms with E-state index in [0.717, 1.165) is 0 Å². The van der Waals surface area contributed by atoms with Crippen molar-refractivity contribution in [3.05, 3.63) is 66.8 Å². The molecule has 0 aliphatic carbocycles. The van der Waals surface area contributed by atoms with E-state index in [0.29, 0.717) is 24.3 Å². The van der Waals surface area contributed by atoms with Crippen molar-refractivity contribution in [1.82, 2.24) is 9.71 Å². The Balaban J connectivity index is 1.98. The molecule has 2 rings (SSSR count). The molecule has 23 heavy (non-hydrogen) atoms. The topological polar surface area (TPSA) is 68.3 Å². The number of aromatic nitrogens is 1. The molecule has 0 atom stereocenters. The molecule has 122 valence electrons. The summed E-state index contributed by atoms with van der Waals surface area (Å²) in [4.78, 5) is 3.60. The summed E-state index contributed by atoms with van der Waals surface area (Å²) in [6, 6.07) is 8.78. The first-order chi connectivity index (χ1) is 11.0. The number of nitrogens with zero attached hydrogens (tertiary/aromatic N) is 1. The van der Waals surface area contributed by atoms with Crippen LogP contribution in [0.1, 0.15) is 12.0 Å². The number of ether oxygens (including phenoxy) is 1. The zero-order chi connectivity index (χ0) is 16.7. The third-order valence-electron chi connectivity index (χ3n) is 2.98. The van der Waals surface area contributed by atoms with Crippen LogP contribution in [0.5, 0.6) is 5.75 Å². The molecule has 1 aromatic carbocycles. The largest absolute Gasteiger partial charge is 0.493 e. The Morgan fingerprint density at radius 2 is 1.96 bits per heavy atom. The highest BCUT2D eigenvalue weighted by atomic mass is 32.2. The van der Waals surface area contributed by atoms with Crippen LogP contribution in [0.3, 0.4) is 0 Å². The maximum atomic E-state index is 12.7. The lowest BCUT2D eigenvalue weighted by Gasteiger charge is -2.08. The zero-order valence-corrected chi connectivity index (χ0v) is 13.2. The summed E-state index contributed by atoms with van der Waals surface area (Å²) in [5.41, 5.74) is 0.569. The molecule has 0 unspecified atom stereocenters. The fraction of sp³-hybridized carbons (Fsp3) is 0.188. The normalized spacial score (nSPS) is 11.2. The molecule has 1 N–H and O–H groups in total. The lowest BCUT2D eigenvalue weighted by Crippen LogP contribution is -2.23. The summed E-state index contributed by atoms with van der Waals surface area (Å²) in [6.07, 6.45) is 3.74. The summed E-state index contributed by atoms with van der Waals surface area (Å²) < 4.78 is 44.9. The second-order valence-corrected chi connectivity index (χ2v) is 6.48. The van der Waals surface area contributed by atoms with Crippen LogP contribution < -0.4 is 9.46 Å². The fourth-order valence-corrected chi connectivity index (χ4v) is 2.77. The Kier molecular flexibility index (Phi) is 5.84. The maximum Gasteiger partial charge on any atom is 0.240 e. The van der Waals surface area contributed by atoms with Gasteiger partial charge in [-0.15, -0.1) is 6.58 Å². The van der Waals surface area contributed by atoms with Crippen LogP contribution in [0.25, 0.3) is 0 Å². The van der Waals surface area contributed by atoms with Crippen LogP contribution in [0.15, 0.2) is 60.1 Å². The summed E-state index contributed by atoms with van der Waals surface area (Å²) >= 11 is 0. The van der Waals surface area contributed by atoms with Gasteiger partial charge in [-0.05, 0) is 42.3 Å². The van der Waals surface area contributed by atoms with Gasteiger partial charge in [0.1, 0.15) is 5.75 Å². The molecule has 0 fully saturated rings. The van der Waals surface area contributed by atoms with E-state index < -0.39 is 16.0 Å². The molecule has 1 aromatic heterocycles. The average Bonchev–Trinajstić information content (AvgIpc) is 2.55. The van der Waals surface area contributed by atoms with Gasteiger partial charge in [0, 0.05) is 12.7 Å². The first-order valence-electron chi connectivity index (χ1n) is 6.95. The second-order valence-electron chi connectivity index (χ2n) is 4.71. The molecule has 0 spiro atoms. The first kappa shape index (κ1) is 17.1. The van der Waals surface area contributed by atoms with E-state index in [-0.39, 0.29) is 11.4 Å². The van der Waals surface area contributed by atoms with E-state index >= 15 is 0 Å². The van der Waals surface area contributed by atoms with Gasteiger partial charge in [0.05, 0.1) is 11.5 Å². The molecule has 0 saturated heterocycles. The first-order valence-corrected chi connectivity index (χ1v) is 8.43. The number of rotatable bonds is 8. The zero-order valence-electron chi connectivity index (χ0n) is 12.4. The van der Waals surface area contributed by atoms with Gasteiger partial charge < -0.3 is 4.74 Å². The van der Waals surface area contributed by atoms with Crippen LogP contribution in [0.2, 0.25) is 0 Å². The van der Waals surface area contributed by atoms with Crippen LogP contribution >= 0.6 is 0 Å². The molecule has 0 amide bonds. The minimum Gasteiger partial charge on any atom is -0.493 e. The lowest BCUT2D eigenvalue weighted by molar-refractivity contribution is 0.325. The van der Waals surface area contributed by atoms with Crippen LogP contribution in [0, 0.1) is 5.95 Å². The van der Waals surface area contributed by atoms with Gasteiger partial charge in [0.2, 0.25) is 16.0 Å². The van der Waals surface area contributed by atoms with E-state index in [1.54, 1.807) is 18.2 Å². The van der Waals surface area contributed by atoms with Gasteiger partial charge in [-0.25, -0.2) is 18.1 Å². The van der Waals surface area contributed by atoms with Gasteiger partial charge in [-0.1, -0.05) is 12.1 Å². The average molecular weight is 336 g/mol. The van der Waals surface area contributed by atoms with Crippen molar-refractivity contribution < 1.29 is 17.5 Å². The summed E-state index contributed by atoms with van der Waals surface area (Å²) in [6.45, 7) is 4.12. The van der Waals surface area contributed by atoms with Gasteiger partial charge >= 0.3 is 0 Å². The minimum absolute atomic E-state index is 0.0349. The number of halogens is 1. The SMILES string of the molecule is C=CCCOc1ccc(S(=O)(=O)NCc2ccc(F)nc2)cc1. The molecule has 1 heterocycles. The maximum absolute atomic E-state index is 12.7. The number of pyridine rings is 1. The van der Waals surface area contributed by atoms with Crippen molar-refractivity contribution >= 4 is 10.0 Å². The van der Waals surface area contributed by atoms with Crippen molar-refractivity contribution in [2.45, 2.75) is 17.9 Å². The Morgan fingerprint density at radius 3 is 2.57 bits per heavy atom. The number of hydrogen-bond donors (Lipinski definition) is 1. The molecular weight excluding hydrogens is 319 g/mol. The van der Waals surface area contributed by atoms with E-state index in [9.17, 15) is 12.8 Å². The Hall–Kier alpha value is -2.25. The molecule has 0 aliphatic heterocycles. The predicted molar refractivity (Wildman–Crippen MR) is 85.0 cm³/mol. The fourth-order valence-electron chi connectivity index (χ4n) is 1.75. The molecule has 5 nitrogen and oxygen atoms in total. The Labute approximate surface area is 134 Å². The predicted octanol–water partition coefficient (Wildman–Crippen LogP) is 2.65.